The predicted octanol–water partition coefficient (Wildman–Crippen LogP) is 1.03. The molecule has 20 heavy (non-hydrogen) atoms. The zero-order valence-corrected chi connectivity index (χ0v) is 18.3. The van der Waals surface area contributed by atoms with E-state index in [1.54, 1.807) is 0 Å². The molecule has 122 valence electrons. The smallest absolute Gasteiger partial charge is 0.870 e. The molecular weight excluding hydrogens is 424 g/mol. The van der Waals surface area contributed by atoms with Crippen molar-refractivity contribution in [3.8, 4) is 0 Å². The Hall–Kier alpha value is 0.813. The van der Waals surface area contributed by atoms with Crippen molar-refractivity contribution >= 4 is 67.9 Å². The monoisotopic (exact) mass is 441 g/mol. The first-order valence-corrected chi connectivity index (χ1v) is 7.18. The molecule has 10 nitrogen and oxygen atoms in total. The molecule has 0 atom stereocenters. The van der Waals surface area contributed by atoms with Gasteiger partial charge in [-0.25, -0.2) is 0 Å². The van der Waals surface area contributed by atoms with Crippen LogP contribution in [-0.4, -0.2) is 43.3 Å². The Labute approximate surface area is 150 Å². The third-order valence-electron chi connectivity index (χ3n) is 0.550. The predicted molar refractivity (Wildman–Crippen MR) is 85.5 cm³/mol. The normalized spacial score (nSPS) is 7.50. The minimum atomic E-state index is -5.17. The van der Waals surface area contributed by atoms with Crippen molar-refractivity contribution in [2.24, 2.45) is 0 Å². The first-order valence-electron chi connectivity index (χ1n) is 3.06. The van der Waals surface area contributed by atoms with E-state index >= 15 is 0 Å². The van der Waals surface area contributed by atoms with Gasteiger partial charge in [-0.1, -0.05) is 8.75 Å². The van der Waals surface area contributed by atoms with E-state index < -0.39 is 10.4 Å². The molecule has 0 aromatic carbocycles. The van der Waals surface area contributed by atoms with Crippen molar-refractivity contribution in [2.75, 3.05) is 11.5 Å². The van der Waals surface area contributed by atoms with Gasteiger partial charge in [0.2, 0.25) is 0 Å². The Morgan fingerprint density at radius 1 is 0.950 bits per heavy atom. The summed E-state index contributed by atoms with van der Waals surface area (Å²) in [4.78, 5) is 0. The molecular formula is C4H19N5O5S5Zn. The van der Waals surface area contributed by atoms with Crippen LogP contribution in [0.3, 0.4) is 0 Å². The first-order chi connectivity index (χ1) is 6.63. The minimum Gasteiger partial charge on any atom is -0.870 e. The summed E-state index contributed by atoms with van der Waals surface area (Å²) in [5, 5.41) is 13.7. The van der Waals surface area contributed by atoms with E-state index in [2.05, 4.69) is 25.3 Å². The summed E-state index contributed by atoms with van der Waals surface area (Å²) in [5.74, 6) is 1.54. The van der Waals surface area contributed by atoms with Crippen molar-refractivity contribution in [1.29, 1.82) is 10.8 Å². The fraction of sp³-hybridized carbons (Fsp3) is 0.500. The molecule has 16 heteroatoms. The number of nitrogens with one attached hydrogen (secondary N) is 2. The van der Waals surface area contributed by atoms with Crippen LogP contribution in [0.4, 0.5) is 0 Å². The average Bonchev–Trinajstić information content (AvgIpc) is 1.94. The molecule has 0 unspecified atom stereocenters. The van der Waals surface area contributed by atoms with Gasteiger partial charge in [-0.3, -0.25) is 8.42 Å². The zero-order chi connectivity index (χ0) is 12.5. The van der Waals surface area contributed by atoms with E-state index in [1.165, 1.54) is 23.5 Å². The third kappa shape index (κ3) is 97.8. The Morgan fingerprint density at radius 2 is 1.10 bits per heavy atom. The van der Waals surface area contributed by atoms with Crippen molar-refractivity contribution in [2.45, 2.75) is 0 Å². The number of thioether (sulfide) groups is 2. The van der Waals surface area contributed by atoms with Crippen molar-refractivity contribution in [3.05, 3.63) is 0 Å². The Balaban J connectivity index is -0.0000000303. The van der Waals surface area contributed by atoms with Gasteiger partial charge in [-0.15, -0.1) is 23.5 Å². The fourth-order valence-electron chi connectivity index (χ4n) is 0.269. The van der Waals surface area contributed by atoms with Crippen LogP contribution in [0.1, 0.15) is 0 Å². The summed E-state index contributed by atoms with van der Waals surface area (Å²) in [6.45, 7) is 0. The zero-order valence-electron chi connectivity index (χ0n) is 11.2. The fourth-order valence-corrected chi connectivity index (χ4v) is 1.81. The van der Waals surface area contributed by atoms with Gasteiger partial charge in [0.05, 0.1) is 0 Å². The molecule has 0 aromatic heterocycles. The van der Waals surface area contributed by atoms with Gasteiger partial charge in [0.1, 0.15) is 0 Å². The second kappa shape index (κ2) is 24.8. The topological polar surface area (TPSA) is 267 Å². The van der Waals surface area contributed by atoms with Crippen molar-refractivity contribution in [3.63, 3.8) is 0 Å². The molecule has 15 N–H and O–H groups in total. The molecule has 0 heterocycles. The van der Waals surface area contributed by atoms with Gasteiger partial charge < -0.3 is 69.1 Å². The van der Waals surface area contributed by atoms with Crippen LogP contribution < -0.4 is 18.5 Å². The maximum atomic E-state index is 8.52. The molecule has 0 aliphatic rings. The van der Waals surface area contributed by atoms with E-state index in [0.717, 1.165) is 11.5 Å². The van der Waals surface area contributed by atoms with Crippen LogP contribution >= 0.6 is 23.5 Å². The molecule has 0 aromatic rings. The quantitative estimate of drug-likeness (QED) is 0.0791. The standard InChI is InChI=1S/C4H8N2S4.3H3N.H2O4S.H2O.Zn/c5-3(7)9-1-2-10-4(6)8;;;;1-5(2,3)4;;/h1-2H2,(H2,5,7)(H2,6,8);3*1H3;(H2,1,2,3,4);1H2;/q;;;;;;+2/p-2. The number of rotatable bonds is 3. The van der Waals surface area contributed by atoms with Crippen LogP contribution in [0.15, 0.2) is 0 Å². The molecule has 0 amide bonds. The van der Waals surface area contributed by atoms with Gasteiger partial charge in [0.25, 0.3) is 0 Å². The number of hydrogen-bond acceptors (Lipinski definition) is 11. The third-order valence-corrected chi connectivity index (χ3v) is 2.86. The maximum Gasteiger partial charge on any atom is 2.00 e. The van der Waals surface area contributed by atoms with E-state index in [0.29, 0.717) is 0 Å². The summed E-state index contributed by atoms with van der Waals surface area (Å²) in [5.41, 5.74) is 0. The van der Waals surface area contributed by atoms with E-state index in [1.807, 2.05) is 0 Å². The molecule has 0 fully saturated rings. The second-order valence-corrected chi connectivity index (χ2v) is 6.04. The molecule has 0 aliphatic carbocycles. The Kier molecular flexibility index (Phi) is 53.1. The molecule has 0 rings (SSSR count). The average molecular weight is 443 g/mol. The second-order valence-electron chi connectivity index (χ2n) is 1.68. The Morgan fingerprint density at radius 3 is 1.20 bits per heavy atom. The molecule has 0 saturated carbocycles. The molecule has 0 radical (unpaired) electrons. The molecule has 0 saturated heterocycles. The maximum absolute atomic E-state index is 8.52. The van der Waals surface area contributed by atoms with Gasteiger partial charge in [-0.2, -0.15) is 0 Å². The van der Waals surface area contributed by atoms with E-state index in [9.17, 15) is 0 Å². The summed E-state index contributed by atoms with van der Waals surface area (Å²) in [6.07, 6.45) is 0. The molecule has 0 bridgehead atoms. The summed E-state index contributed by atoms with van der Waals surface area (Å²) in [6, 6.07) is 0. The summed E-state index contributed by atoms with van der Waals surface area (Å²) in [7, 11) is -5.17. The van der Waals surface area contributed by atoms with Crippen molar-refractivity contribution < 1.29 is 42.5 Å². The van der Waals surface area contributed by atoms with E-state index in [-0.39, 0.29) is 52.2 Å². The SMILES string of the molecule is N=C([S-])SCCSC(=N)[S-].O=S(=O)([O-])[O-].[NH4+].[NH4+].[NH4+].[OH-].[Zn+2]. The van der Waals surface area contributed by atoms with Gasteiger partial charge >= 0.3 is 19.5 Å². The van der Waals surface area contributed by atoms with Crippen LogP contribution in [0.2, 0.25) is 0 Å². The summed E-state index contributed by atoms with van der Waals surface area (Å²) < 4.78 is 34.5. The van der Waals surface area contributed by atoms with Gasteiger partial charge in [0, 0.05) is 21.9 Å². The van der Waals surface area contributed by atoms with E-state index in [4.69, 9.17) is 28.3 Å². The molecule has 0 spiro atoms. The van der Waals surface area contributed by atoms with Crippen molar-refractivity contribution in [1.82, 2.24) is 18.5 Å². The summed E-state index contributed by atoms with van der Waals surface area (Å²) >= 11 is 11.6. The molecule has 0 aliphatic heterocycles. The first kappa shape index (κ1) is 42.8. The van der Waals surface area contributed by atoms with Crippen LogP contribution in [0, 0.1) is 10.8 Å². The van der Waals surface area contributed by atoms with Crippen LogP contribution in [0.5, 0.6) is 0 Å². The number of quaternary nitrogens is 3. The number of hydrogen-bond donors (Lipinski definition) is 5. The van der Waals surface area contributed by atoms with Crippen LogP contribution in [-0.2, 0) is 55.1 Å². The van der Waals surface area contributed by atoms with Crippen LogP contribution in [0.25, 0.3) is 0 Å². The Bertz CT molecular complexity index is 293. The van der Waals surface area contributed by atoms with Gasteiger partial charge in [-0.05, 0) is 0 Å². The van der Waals surface area contributed by atoms with Gasteiger partial charge in [0.15, 0.2) is 0 Å². The minimum absolute atomic E-state index is 0. The largest absolute Gasteiger partial charge is 2.00 e.